The van der Waals surface area contributed by atoms with Gasteiger partial charge in [-0.25, -0.2) is 4.79 Å². The van der Waals surface area contributed by atoms with Crippen molar-refractivity contribution in [2.45, 2.75) is 25.8 Å². The van der Waals surface area contributed by atoms with Gasteiger partial charge in [-0.2, -0.15) is 0 Å². The fourth-order valence-corrected chi connectivity index (χ4v) is 2.02. The van der Waals surface area contributed by atoms with E-state index in [1.54, 1.807) is 24.3 Å². The zero-order chi connectivity index (χ0) is 13.8. The van der Waals surface area contributed by atoms with E-state index >= 15 is 0 Å². The summed E-state index contributed by atoms with van der Waals surface area (Å²) in [6.07, 6.45) is 4.78. The second-order valence-electron chi connectivity index (χ2n) is 4.62. The Bertz CT molecular complexity index is 501. The summed E-state index contributed by atoms with van der Waals surface area (Å²) in [5.41, 5.74) is 1.43. The van der Waals surface area contributed by atoms with Crippen molar-refractivity contribution in [1.29, 1.82) is 0 Å². The number of hydrogen-bond acceptors (Lipinski definition) is 2. The summed E-state index contributed by atoms with van der Waals surface area (Å²) in [4.78, 5) is 24.5. The van der Waals surface area contributed by atoms with Crippen LogP contribution in [0.3, 0.4) is 0 Å². The molecule has 0 unspecified atom stereocenters. The monoisotopic (exact) mass is 259 g/mol. The minimum atomic E-state index is -0.981. The van der Waals surface area contributed by atoms with Crippen LogP contribution in [0.4, 0.5) is 0 Å². The van der Waals surface area contributed by atoms with Gasteiger partial charge in [0.1, 0.15) is 0 Å². The van der Waals surface area contributed by atoms with E-state index in [2.05, 4.69) is 0 Å². The highest BCUT2D eigenvalue weighted by Gasteiger charge is 2.31. The van der Waals surface area contributed by atoms with Gasteiger partial charge < -0.3 is 10.0 Å². The maximum Gasteiger partial charge on any atom is 0.328 e. The van der Waals surface area contributed by atoms with Gasteiger partial charge in [0.15, 0.2) is 0 Å². The number of carboxylic acid groups (broad SMARTS) is 1. The molecule has 0 radical (unpaired) electrons. The van der Waals surface area contributed by atoms with E-state index in [1.807, 2.05) is 11.8 Å². The van der Waals surface area contributed by atoms with E-state index in [0.29, 0.717) is 11.6 Å². The minimum absolute atomic E-state index is 0.0544. The van der Waals surface area contributed by atoms with Crippen LogP contribution < -0.4 is 0 Å². The van der Waals surface area contributed by atoms with Crippen LogP contribution in [0.5, 0.6) is 0 Å². The van der Waals surface area contributed by atoms with Gasteiger partial charge >= 0.3 is 5.97 Å². The van der Waals surface area contributed by atoms with E-state index in [1.165, 1.54) is 6.08 Å². The van der Waals surface area contributed by atoms with Crippen molar-refractivity contribution in [3.05, 3.63) is 41.5 Å². The second kappa shape index (κ2) is 5.69. The zero-order valence-corrected chi connectivity index (χ0v) is 10.9. The van der Waals surface area contributed by atoms with E-state index in [0.717, 1.165) is 31.0 Å². The smallest absolute Gasteiger partial charge is 0.328 e. The first-order chi connectivity index (χ1) is 9.11. The maximum atomic E-state index is 12.2. The summed E-state index contributed by atoms with van der Waals surface area (Å²) in [5.74, 6) is -0.926. The predicted octanol–water partition coefficient (Wildman–Crippen LogP) is 2.41. The van der Waals surface area contributed by atoms with Gasteiger partial charge in [0.05, 0.1) is 0 Å². The van der Waals surface area contributed by atoms with Crippen LogP contribution in [0.1, 0.15) is 35.7 Å². The van der Waals surface area contributed by atoms with Crippen LogP contribution in [0.2, 0.25) is 0 Å². The van der Waals surface area contributed by atoms with Crippen LogP contribution in [-0.2, 0) is 4.79 Å². The van der Waals surface area contributed by atoms with E-state index in [9.17, 15) is 9.59 Å². The molecule has 0 atom stereocenters. The number of rotatable bonds is 5. The van der Waals surface area contributed by atoms with Gasteiger partial charge in [0.2, 0.25) is 0 Å². The van der Waals surface area contributed by atoms with Gasteiger partial charge in [-0.15, -0.1) is 0 Å². The molecule has 1 saturated carbocycles. The number of hydrogen-bond donors (Lipinski definition) is 1. The molecule has 0 spiro atoms. The molecule has 4 heteroatoms. The average molecular weight is 259 g/mol. The lowest BCUT2D eigenvalue weighted by Gasteiger charge is -2.20. The molecule has 1 aromatic rings. The number of benzene rings is 1. The van der Waals surface area contributed by atoms with E-state index in [-0.39, 0.29) is 5.91 Å². The molecule has 1 aromatic carbocycles. The molecule has 0 aromatic heterocycles. The SMILES string of the molecule is CCN(C(=O)c1ccc(/C=C/C(=O)O)cc1)C1CC1. The Kier molecular flexibility index (Phi) is 4.00. The van der Waals surface area contributed by atoms with Crippen LogP contribution >= 0.6 is 0 Å². The number of carbonyl (C=O) groups is 2. The number of carboxylic acids is 1. The van der Waals surface area contributed by atoms with Gasteiger partial charge in [-0.1, -0.05) is 12.1 Å². The van der Waals surface area contributed by atoms with Crippen LogP contribution in [0.25, 0.3) is 6.08 Å². The molecule has 4 nitrogen and oxygen atoms in total. The summed E-state index contributed by atoms with van der Waals surface area (Å²) in [7, 11) is 0. The van der Waals surface area contributed by atoms with Crippen LogP contribution in [0, 0.1) is 0 Å². The summed E-state index contributed by atoms with van der Waals surface area (Å²) < 4.78 is 0. The number of carbonyl (C=O) groups excluding carboxylic acids is 1. The van der Waals surface area contributed by atoms with Crippen LogP contribution in [0.15, 0.2) is 30.3 Å². The Balaban J connectivity index is 2.09. The predicted molar refractivity (Wildman–Crippen MR) is 72.8 cm³/mol. The standard InChI is InChI=1S/C15H17NO3/c1-2-16(13-8-9-13)15(19)12-6-3-11(4-7-12)5-10-14(17)18/h3-7,10,13H,2,8-9H2,1H3,(H,17,18)/b10-5+. The minimum Gasteiger partial charge on any atom is -0.478 e. The number of amides is 1. The maximum absolute atomic E-state index is 12.2. The Labute approximate surface area is 112 Å². The molecule has 1 N–H and O–H groups in total. The van der Waals surface area contributed by atoms with Crippen molar-refractivity contribution in [3.8, 4) is 0 Å². The highest BCUT2D eigenvalue weighted by molar-refractivity contribution is 5.95. The van der Waals surface area contributed by atoms with Crippen molar-refractivity contribution < 1.29 is 14.7 Å². The molecule has 0 saturated heterocycles. The molecule has 1 fully saturated rings. The van der Waals surface area contributed by atoms with Gasteiger partial charge in [0.25, 0.3) is 5.91 Å². The normalized spacial score (nSPS) is 14.6. The summed E-state index contributed by atoms with van der Waals surface area (Å²) >= 11 is 0. The topological polar surface area (TPSA) is 57.6 Å². The van der Waals surface area contributed by atoms with E-state index in [4.69, 9.17) is 5.11 Å². The number of aliphatic carboxylic acids is 1. The fourth-order valence-electron chi connectivity index (χ4n) is 2.02. The zero-order valence-electron chi connectivity index (χ0n) is 10.9. The van der Waals surface area contributed by atoms with E-state index < -0.39 is 5.97 Å². The molecule has 1 aliphatic carbocycles. The average Bonchev–Trinajstić information content (AvgIpc) is 3.22. The summed E-state index contributed by atoms with van der Waals surface area (Å²) in [6.45, 7) is 2.71. The van der Waals surface area contributed by atoms with Gasteiger partial charge in [-0.3, -0.25) is 4.79 Å². The first kappa shape index (κ1) is 13.3. The molecule has 100 valence electrons. The second-order valence-corrected chi connectivity index (χ2v) is 4.62. The van der Waals surface area contributed by atoms with Crippen molar-refractivity contribution in [3.63, 3.8) is 0 Å². The quantitative estimate of drug-likeness (QED) is 0.826. The van der Waals surface area contributed by atoms with Gasteiger partial charge in [-0.05, 0) is 43.5 Å². The first-order valence-corrected chi connectivity index (χ1v) is 6.44. The lowest BCUT2D eigenvalue weighted by atomic mass is 10.1. The van der Waals surface area contributed by atoms with Crippen molar-refractivity contribution >= 4 is 18.0 Å². The Morgan fingerprint density at radius 3 is 2.42 bits per heavy atom. The molecule has 0 aliphatic heterocycles. The third-order valence-electron chi connectivity index (χ3n) is 3.17. The summed E-state index contributed by atoms with van der Waals surface area (Å²) in [5, 5.41) is 8.54. The lowest BCUT2D eigenvalue weighted by molar-refractivity contribution is -0.131. The fraction of sp³-hybridized carbons (Fsp3) is 0.333. The molecule has 0 bridgehead atoms. The van der Waals surface area contributed by atoms with Crippen molar-refractivity contribution in [2.24, 2.45) is 0 Å². The van der Waals surface area contributed by atoms with Crippen molar-refractivity contribution in [1.82, 2.24) is 4.90 Å². The Morgan fingerprint density at radius 1 is 1.32 bits per heavy atom. The third kappa shape index (κ3) is 3.44. The Morgan fingerprint density at radius 2 is 1.95 bits per heavy atom. The first-order valence-electron chi connectivity index (χ1n) is 6.44. The molecule has 1 aliphatic rings. The molecule has 2 rings (SSSR count). The molecule has 0 heterocycles. The summed E-state index contributed by atoms with van der Waals surface area (Å²) in [6, 6.07) is 7.41. The van der Waals surface area contributed by atoms with Crippen LogP contribution in [-0.4, -0.2) is 34.5 Å². The molecular formula is C15H17NO3. The molecule has 19 heavy (non-hydrogen) atoms. The largest absolute Gasteiger partial charge is 0.478 e. The highest BCUT2D eigenvalue weighted by atomic mass is 16.4. The third-order valence-corrected chi connectivity index (χ3v) is 3.17. The Hall–Kier alpha value is -2.10. The highest BCUT2D eigenvalue weighted by Crippen LogP contribution is 2.27. The van der Waals surface area contributed by atoms with Crippen molar-refractivity contribution in [2.75, 3.05) is 6.54 Å². The van der Waals surface area contributed by atoms with Gasteiger partial charge in [0, 0.05) is 24.2 Å². The number of nitrogens with zero attached hydrogens (tertiary/aromatic N) is 1. The molecule has 1 amide bonds. The lowest BCUT2D eigenvalue weighted by Crippen LogP contribution is -2.32. The molecular weight excluding hydrogens is 242 g/mol.